The van der Waals surface area contributed by atoms with Crippen molar-refractivity contribution in [2.75, 3.05) is 19.8 Å². The van der Waals surface area contributed by atoms with Crippen LogP contribution in [-0.4, -0.2) is 30.9 Å². The highest BCUT2D eigenvalue weighted by Gasteiger charge is 1.97. The van der Waals surface area contributed by atoms with E-state index in [-0.39, 0.29) is 12.6 Å². The molecule has 0 aliphatic rings. The van der Waals surface area contributed by atoms with E-state index in [1.807, 2.05) is 25.1 Å². The van der Waals surface area contributed by atoms with Crippen LogP contribution in [0.3, 0.4) is 0 Å². The zero-order valence-corrected chi connectivity index (χ0v) is 10.1. The van der Waals surface area contributed by atoms with E-state index >= 15 is 0 Å². The Morgan fingerprint density at radius 2 is 2.25 bits per heavy atom. The van der Waals surface area contributed by atoms with Crippen molar-refractivity contribution in [2.24, 2.45) is 0 Å². The Hall–Kier alpha value is -1.06. The van der Waals surface area contributed by atoms with Gasteiger partial charge in [-0.15, -0.1) is 0 Å². The molecule has 0 aliphatic heterocycles. The molecule has 0 amide bonds. The lowest BCUT2D eigenvalue weighted by Gasteiger charge is -2.11. The van der Waals surface area contributed by atoms with Crippen molar-refractivity contribution >= 4 is 0 Å². The summed E-state index contributed by atoms with van der Waals surface area (Å²) in [5, 5.41) is 12.0. The SMILES string of the molecule is Cc1cccc(OCCCNC(C)CO)c1. The summed E-state index contributed by atoms with van der Waals surface area (Å²) in [6, 6.07) is 8.22. The van der Waals surface area contributed by atoms with Gasteiger partial charge >= 0.3 is 0 Å². The first-order valence-corrected chi connectivity index (χ1v) is 5.76. The van der Waals surface area contributed by atoms with Gasteiger partial charge in [0.15, 0.2) is 0 Å². The molecular formula is C13H21NO2. The van der Waals surface area contributed by atoms with Crippen LogP contribution in [0.2, 0.25) is 0 Å². The molecule has 0 saturated carbocycles. The number of aliphatic hydroxyl groups excluding tert-OH is 1. The molecule has 0 fully saturated rings. The van der Waals surface area contributed by atoms with E-state index in [2.05, 4.69) is 18.3 Å². The highest BCUT2D eigenvalue weighted by Crippen LogP contribution is 2.12. The summed E-state index contributed by atoms with van der Waals surface area (Å²) in [6.07, 6.45) is 0.943. The molecule has 90 valence electrons. The van der Waals surface area contributed by atoms with Gasteiger partial charge in [0.25, 0.3) is 0 Å². The van der Waals surface area contributed by atoms with Gasteiger partial charge in [-0.1, -0.05) is 12.1 Å². The summed E-state index contributed by atoms with van der Waals surface area (Å²) in [7, 11) is 0. The zero-order chi connectivity index (χ0) is 11.8. The van der Waals surface area contributed by atoms with Crippen LogP contribution in [0.25, 0.3) is 0 Å². The van der Waals surface area contributed by atoms with Crippen LogP contribution >= 0.6 is 0 Å². The maximum Gasteiger partial charge on any atom is 0.119 e. The summed E-state index contributed by atoms with van der Waals surface area (Å²) in [4.78, 5) is 0. The zero-order valence-electron chi connectivity index (χ0n) is 10.1. The van der Waals surface area contributed by atoms with Crippen molar-refractivity contribution in [1.29, 1.82) is 0 Å². The maximum absolute atomic E-state index is 8.81. The van der Waals surface area contributed by atoms with E-state index in [1.165, 1.54) is 5.56 Å². The molecule has 2 N–H and O–H groups in total. The predicted molar refractivity (Wildman–Crippen MR) is 65.8 cm³/mol. The number of hydrogen-bond donors (Lipinski definition) is 2. The van der Waals surface area contributed by atoms with Crippen LogP contribution in [0.4, 0.5) is 0 Å². The molecule has 3 nitrogen and oxygen atoms in total. The molecule has 0 bridgehead atoms. The summed E-state index contributed by atoms with van der Waals surface area (Å²) < 4.78 is 5.60. The highest BCUT2D eigenvalue weighted by atomic mass is 16.5. The standard InChI is InChI=1S/C13H21NO2/c1-11-5-3-6-13(9-11)16-8-4-7-14-12(2)10-15/h3,5-6,9,12,14-15H,4,7-8,10H2,1-2H3. The number of nitrogens with one attached hydrogen (secondary N) is 1. The fourth-order valence-corrected chi connectivity index (χ4v) is 1.38. The quantitative estimate of drug-likeness (QED) is 0.692. The lowest BCUT2D eigenvalue weighted by Crippen LogP contribution is -2.30. The Labute approximate surface area is 97.4 Å². The van der Waals surface area contributed by atoms with Crippen molar-refractivity contribution in [3.05, 3.63) is 29.8 Å². The Kier molecular flexibility index (Phi) is 5.90. The van der Waals surface area contributed by atoms with Gasteiger partial charge in [0, 0.05) is 6.04 Å². The Bertz CT molecular complexity index is 302. The molecule has 1 atom stereocenters. The van der Waals surface area contributed by atoms with Gasteiger partial charge in [-0.25, -0.2) is 0 Å². The molecule has 0 aliphatic carbocycles. The largest absolute Gasteiger partial charge is 0.494 e. The second kappa shape index (κ2) is 7.25. The molecule has 1 aromatic rings. The number of ether oxygens (including phenoxy) is 1. The van der Waals surface area contributed by atoms with Gasteiger partial charge in [-0.2, -0.15) is 0 Å². The maximum atomic E-state index is 8.81. The Morgan fingerprint density at radius 1 is 1.44 bits per heavy atom. The number of aryl methyl sites for hydroxylation is 1. The number of rotatable bonds is 7. The summed E-state index contributed by atoms with van der Waals surface area (Å²) in [6.45, 7) is 5.76. The third kappa shape index (κ3) is 5.14. The van der Waals surface area contributed by atoms with E-state index in [9.17, 15) is 0 Å². The molecule has 0 spiro atoms. The van der Waals surface area contributed by atoms with Gasteiger partial charge in [0.2, 0.25) is 0 Å². The van der Waals surface area contributed by atoms with Crippen LogP contribution < -0.4 is 10.1 Å². The number of benzene rings is 1. The normalized spacial score (nSPS) is 12.4. The van der Waals surface area contributed by atoms with E-state index in [0.29, 0.717) is 6.61 Å². The van der Waals surface area contributed by atoms with Crippen molar-refractivity contribution in [3.8, 4) is 5.75 Å². The van der Waals surface area contributed by atoms with Crippen molar-refractivity contribution in [3.63, 3.8) is 0 Å². The van der Waals surface area contributed by atoms with Crippen molar-refractivity contribution in [1.82, 2.24) is 5.32 Å². The van der Waals surface area contributed by atoms with E-state index in [0.717, 1.165) is 18.7 Å². The average Bonchev–Trinajstić information content (AvgIpc) is 2.28. The van der Waals surface area contributed by atoms with Crippen LogP contribution in [-0.2, 0) is 0 Å². The first-order chi connectivity index (χ1) is 7.72. The lowest BCUT2D eigenvalue weighted by molar-refractivity contribution is 0.245. The Balaban J connectivity index is 2.12. The van der Waals surface area contributed by atoms with Crippen molar-refractivity contribution in [2.45, 2.75) is 26.3 Å². The first kappa shape index (κ1) is 13.0. The predicted octanol–water partition coefficient (Wildman–Crippen LogP) is 1.73. The topological polar surface area (TPSA) is 41.5 Å². The van der Waals surface area contributed by atoms with Crippen molar-refractivity contribution < 1.29 is 9.84 Å². The van der Waals surface area contributed by atoms with Gasteiger partial charge in [0.1, 0.15) is 5.75 Å². The van der Waals surface area contributed by atoms with E-state index < -0.39 is 0 Å². The molecule has 1 aromatic carbocycles. The second-order valence-corrected chi connectivity index (χ2v) is 4.06. The van der Waals surface area contributed by atoms with Crippen LogP contribution in [0.15, 0.2) is 24.3 Å². The minimum Gasteiger partial charge on any atom is -0.494 e. The molecule has 0 radical (unpaired) electrons. The fourth-order valence-electron chi connectivity index (χ4n) is 1.38. The smallest absolute Gasteiger partial charge is 0.119 e. The lowest BCUT2D eigenvalue weighted by atomic mass is 10.2. The summed E-state index contributed by atoms with van der Waals surface area (Å²) >= 11 is 0. The van der Waals surface area contributed by atoms with Crippen LogP contribution in [0.1, 0.15) is 18.9 Å². The van der Waals surface area contributed by atoms with Gasteiger partial charge in [0.05, 0.1) is 13.2 Å². The monoisotopic (exact) mass is 223 g/mol. The van der Waals surface area contributed by atoms with Gasteiger partial charge in [-0.05, 0) is 44.5 Å². The third-order valence-electron chi connectivity index (χ3n) is 2.35. The van der Waals surface area contributed by atoms with Crippen LogP contribution in [0.5, 0.6) is 5.75 Å². The van der Waals surface area contributed by atoms with E-state index in [4.69, 9.17) is 9.84 Å². The molecule has 3 heteroatoms. The summed E-state index contributed by atoms with van der Waals surface area (Å²) in [5.41, 5.74) is 1.21. The second-order valence-electron chi connectivity index (χ2n) is 4.06. The molecule has 1 unspecified atom stereocenters. The molecular weight excluding hydrogens is 202 g/mol. The molecule has 1 rings (SSSR count). The van der Waals surface area contributed by atoms with Gasteiger partial charge in [-0.3, -0.25) is 0 Å². The first-order valence-electron chi connectivity index (χ1n) is 5.76. The van der Waals surface area contributed by atoms with Gasteiger partial charge < -0.3 is 15.2 Å². The number of aliphatic hydroxyl groups is 1. The Morgan fingerprint density at radius 3 is 2.94 bits per heavy atom. The van der Waals surface area contributed by atoms with E-state index in [1.54, 1.807) is 0 Å². The molecule has 16 heavy (non-hydrogen) atoms. The average molecular weight is 223 g/mol. The third-order valence-corrected chi connectivity index (χ3v) is 2.35. The molecule has 0 saturated heterocycles. The molecule has 0 aromatic heterocycles. The number of hydrogen-bond acceptors (Lipinski definition) is 3. The minimum absolute atomic E-state index is 0.166. The highest BCUT2D eigenvalue weighted by molar-refractivity contribution is 5.27. The molecule has 0 heterocycles. The summed E-state index contributed by atoms with van der Waals surface area (Å²) in [5.74, 6) is 0.926. The fraction of sp³-hybridized carbons (Fsp3) is 0.538. The minimum atomic E-state index is 0.166. The van der Waals surface area contributed by atoms with Crippen LogP contribution in [0, 0.1) is 6.92 Å².